The Morgan fingerprint density at radius 1 is 1.56 bits per heavy atom. The van der Waals surface area contributed by atoms with E-state index in [1.165, 1.54) is 4.90 Å². The monoisotopic (exact) mass is 246 g/mol. The molecule has 0 N–H and O–H groups in total. The molecule has 0 saturated heterocycles. The molecule has 1 aliphatic rings. The van der Waals surface area contributed by atoms with Crippen LogP contribution in [0.2, 0.25) is 0 Å². The van der Waals surface area contributed by atoms with Crippen molar-refractivity contribution in [2.75, 3.05) is 20.7 Å². The number of ether oxygens (including phenoxy) is 2. The Morgan fingerprint density at radius 3 is 3.00 bits per heavy atom. The third-order valence-corrected chi connectivity index (χ3v) is 2.78. The number of nitriles is 1. The first kappa shape index (κ1) is 12.4. The Labute approximate surface area is 106 Å². The predicted octanol–water partition coefficient (Wildman–Crippen LogP) is 1.83. The Balaban J connectivity index is 2.29. The van der Waals surface area contributed by atoms with Crippen LogP contribution in [0.25, 0.3) is 0 Å². The maximum atomic E-state index is 11.5. The first-order valence-electron chi connectivity index (χ1n) is 5.65. The molecule has 0 saturated carbocycles. The summed E-state index contributed by atoms with van der Waals surface area (Å²) in [6.07, 6.45) is -0.526. The van der Waals surface area contributed by atoms with Gasteiger partial charge in [-0.2, -0.15) is 5.26 Å². The zero-order valence-corrected chi connectivity index (χ0v) is 10.3. The number of hydrogen-bond acceptors (Lipinski definition) is 4. The van der Waals surface area contributed by atoms with Crippen molar-refractivity contribution in [3.8, 4) is 6.07 Å². The number of carbonyl (C=O) groups is 1. The summed E-state index contributed by atoms with van der Waals surface area (Å²) in [5.74, 6) is 0. The smallest absolute Gasteiger partial charge is 0.411 e. The van der Waals surface area contributed by atoms with Crippen LogP contribution < -0.4 is 0 Å². The lowest BCUT2D eigenvalue weighted by Crippen LogP contribution is -2.28. The van der Waals surface area contributed by atoms with Crippen molar-refractivity contribution < 1.29 is 14.3 Å². The van der Waals surface area contributed by atoms with Crippen LogP contribution in [0.15, 0.2) is 18.2 Å². The van der Waals surface area contributed by atoms with Crippen molar-refractivity contribution in [3.63, 3.8) is 0 Å². The molecule has 1 unspecified atom stereocenters. The summed E-state index contributed by atoms with van der Waals surface area (Å²) in [5, 5.41) is 9.04. The minimum Gasteiger partial charge on any atom is -0.415 e. The van der Waals surface area contributed by atoms with E-state index in [9.17, 15) is 4.79 Å². The van der Waals surface area contributed by atoms with Gasteiger partial charge in [-0.05, 0) is 18.1 Å². The van der Waals surface area contributed by atoms with Crippen LogP contribution in [-0.4, -0.2) is 31.7 Å². The highest BCUT2D eigenvalue weighted by atomic mass is 16.7. The summed E-state index contributed by atoms with van der Waals surface area (Å²) in [6.45, 7) is 0.442. The summed E-state index contributed by atoms with van der Waals surface area (Å²) in [6, 6.07) is 7.49. The van der Waals surface area contributed by atoms with Gasteiger partial charge in [0, 0.05) is 19.7 Å². The van der Waals surface area contributed by atoms with E-state index in [4.69, 9.17) is 14.7 Å². The van der Waals surface area contributed by atoms with E-state index in [2.05, 4.69) is 6.07 Å². The second-order valence-electron chi connectivity index (χ2n) is 4.22. The van der Waals surface area contributed by atoms with E-state index in [0.29, 0.717) is 18.6 Å². The lowest BCUT2D eigenvalue weighted by atomic mass is 9.97. The fourth-order valence-corrected chi connectivity index (χ4v) is 1.86. The number of fused-ring (bicyclic) bond motifs is 1. The minimum atomic E-state index is -0.725. The number of rotatable bonds is 1. The maximum Gasteiger partial charge on any atom is 0.411 e. The molecule has 2 rings (SSSR count). The van der Waals surface area contributed by atoms with Crippen LogP contribution in [-0.2, 0) is 15.9 Å². The zero-order chi connectivity index (χ0) is 13.1. The van der Waals surface area contributed by atoms with Gasteiger partial charge in [-0.1, -0.05) is 12.1 Å². The van der Waals surface area contributed by atoms with Gasteiger partial charge in [0.05, 0.1) is 18.2 Å². The van der Waals surface area contributed by atoms with Crippen LogP contribution in [0.3, 0.4) is 0 Å². The largest absolute Gasteiger partial charge is 0.415 e. The fourth-order valence-electron chi connectivity index (χ4n) is 1.86. The Bertz CT molecular complexity index is 505. The van der Waals surface area contributed by atoms with E-state index in [-0.39, 0.29) is 0 Å². The van der Waals surface area contributed by atoms with Crippen LogP contribution in [0.1, 0.15) is 23.0 Å². The van der Waals surface area contributed by atoms with Gasteiger partial charge < -0.3 is 14.4 Å². The first-order valence-corrected chi connectivity index (χ1v) is 5.65. The van der Waals surface area contributed by atoms with Gasteiger partial charge >= 0.3 is 6.09 Å². The number of carbonyl (C=O) groups excluding carboxylic acids is 1. The predicted molar refractivity (Wildman–Crippen MR) is 63.7 cm³/mol. The molecule has 0 radical (unpaired) electrons. The van der Waals surface area contributed by atoms with Gasteiger partial charge in [-0.3, -0.25) is 0 Å². The standard InChI is InChI=1S/C13H14N2O3/c1-15(2)13(16)18-12-11-5-3-4-9(8-14)10(11)6-7-17-12/h3-5,12H,6-7H2,1-2H3. The molecule has 1 aromatic rings. The van der Waals surface area contributed by atoms with Gasteiger partial charge in [0.25, 0.3) is 0 Å². The molecule has 0 bridgehead atoms. The lowest BCUT2D eigenvalue weighted by Gasteiger charge is -2.27. The SMILES string of the molecule is CN(C)C(=O)OC1OCCc2c(C#N)cccc21. The molecule has 0 spiro atoms. The number of benzene rings is 1. The lowest BCUT2D eigenvalue weighted by molar-refractivity contribution is -0.120. The number of hydrogen-bond donors (Lipinski definition) is 0. The molecule has 0 fully saturated rings. The third kappa shape index (κ3) is 2.29. The van der Waals surface area contributed by atoms with Gasteiger partial charge in [-0.25, -0.2) is 4.79 Å². The topological polar surface area (TPSA) is 62.6 Å². The molecular formula is C13H14N2O3. The number of nitrogens with zero attached hydrogens (tertiary/aromatic N) is 2. The summed E-state index contributed by atoms with van der Waals surface area (Å²) < 4.78 is 10.7. The van der Waals surface area contributed by atoms with E-state index in [0.717, 1.165) is 11.1 Å². The van der Waals surface area contributed by atoms with Gasteiger partial charge in [0.15, 0.2) is 0 Å². The zero-order valence-electron chi connectivity index (χ0n) is 10.3. The molecule has 0 aliphatic carbocycles. The van der Waals surface area contributed by atoms with E-state index < -0.39 is 12.4 Å². The summed E-state index contributed by atoms with van der Waals surface area (Å²) in [7, 11) is 3.22. The molecule has 0 aromatic heterocycles. The Hall–Kier alpha value is -2.06. The molecule has 1 atom stereocenters. The summed E-state index contributed by atoms with van der Waals surface area (Å²) >= 11 is 0. The average molecular weight is 246 g/mol. The van der Waals surface area contributed by atoms with Crippen molar-refractivity contribution in [1.29, 1.82) is 5.26 Å². The number of amides is 1. The van der Waals surface area contributed by atoms with E-state index >= 15 is 0 Å². The van der Waals surface area contributed by atoms with Crippen LogP contribution in [0, 0.1) is 11.3 Å². The Morgan fingerprint density at radius 2 is 2.33 bits per heavy atom. The van der Waals surface area contributed by atoms with Crippen molar-refractivity contribution in [2.24, 2.45) is 0 Å². The molecule has 5 heteroatoms. The van der Waals surface area contributed by atoms with Gasteiger partial charge in [0.2, 0.25) is 6.29 Å². The molecule has 5 nitrogen and oxygen atoms in total. The molecule has 1 heterocycles. The van der Waals surface area contributed by atoms with Crippen LogP contribution >= 0.6 is 0 Å². The van der Waals surface area contributed by atoms with Gasteiger partial charge in [-0.15, -0.1) is 0 Å². The molecular weight excluding hydrogens is 232 g/mol. The summed E-state index contributed by atoms with van der Waals surface area (Å²) in [5.41, 5.74) is 2.28. The molecule has 1 aliphatic heterocycles. The molecule has 94 valence electrons. The third-order valence-electron chi connectivity index (χ3n) is 2.78. The highest BCUT2D eigenvalue weighted by Crippen LogP contribution is 2.30. The molecule has 18 heavy (non-hydrogen) atoms. The highest BCUT2D eigenvalue weighted by Gasteiger charge is 2.26. The maximum absolute atomic E-state index is 11.5. The quantitative estimate of drug-likeness (QED) is 0.758. The molecule has 1 amide bonds. The van der Waals surface area contributed by atoms with Crippen LogP contribution in [0.5, 0.6) is 0 Å². The fraction of sp³-hybridized carbons (Fsp3) is 0.385. The van der Waals surface area contributed by atoms with Crippen molar-refractivity contribution in [2.45, 2.75) is 12.7 Å². The second-order valence-corrected chi connectivity index (χ2v) is 4.22. The molecule has 1 aromatic carbocycles. The Kier molecular flexibility index (Phi) is 3.49. The van der Waals surface area contributed by atoms with Crippen molar-refractivity contribution in [3.05, 3.63) is 34.9 Å². The van der Waals surface area contributed by atoms with Crippen molar-refractivity contribution in [1.82, 2.24) is 4.90 Å². The van der Waals surface area contributed by atoms with Crippen molar-refractivity contribution >= 4 is 6.09 Å². The normalized spacial score (nSPS) is 17.5. The average Bonchev–Trinajstić information content (AvgIpc) is 2.38. The minimum absolute atomic E-state index is 0.442. The van der Waals surface area contributed by atoms with E-state index in [1.54, 1.807) is 26.2 Å². The van der Waals surface area contributed by atoms with Gasteiger partial charge in [0.1, 0.15) is 0 Å². The van der Waals surface area contributed by atoms with Crippen LogP contribution in [0.4, 0.5) is 4.79 Å². The highest BCUT2D eigenvalue weighted by molar-refractivity contribution is 5.67. The van der Waals surface area contributed by atoms with E-state index in [1.807, 2.05) is 6.07 Å². The first-order chi connectivity index (χ1) is 8.63. The second kappa shape index (κ2) is 5.07. The summed E-state index contributed by atoms with van der Waals surface area (Å²) in [4.78, 5) is 12.9.